The van der Waals surface area contributed by atoms with Gasteiger partial charge in [0.15, 0.2) is 10.8 Å². The molecule has 6 nitrogen and oxygen atoms in total. The number of imidazole rings is 1. The highest BCUT2D eigenvalue weighted by molar-refractivity contribution is 7.15. The van der Waals surface area contributed by atoms with Crippen molar-refractivity contribution in [1.82, 2.24) is 20.0 Å². The van der Waals surface area contributed by atoms with Gasteiger partial charge in [-0.15, -0.1) is 11.3 Å². The van der Waals surface area contributed by atoms with E-state index in [0.717, 1.165) is 36.1 Å². The third-order valence-corrected chi connectivity index (χ3v) is 4.28. The minimum atomic E-state index is 0.0682. The monoisotopic (exact) mass is 307 g/mol. The van der Waals surface area contributed by atoms with Crippen molar-refractivity contribution in [3.05, 3.63) is 17.3 Å². The van der Waals surface area contributed by atoms with Gasteiger partial charge in [-0.2, -0.15) is 0 Å². The molecule has 0 aliphatic carbocycles. The first-order chi connectivity index (χ1) is 10.1. The second kappa shape index (κ2) is 6.03. The van der Waals surface area contributed by atoms with Crippen molar-refractivity contribution in [3.63, 3.8) is 0 Å². The maximum atomic E-state index is 11.6. The summed E-state index contributed by atoms with van der Waals surface area (Å²) in [5.41, 5.74) is 1.14. The first kappa shape index (κ1) is 14.3. The fraction of sp³-hybridized carbons (Fsp3) is 0.571. The Morgan fingerprint density at radius 3 is 3.14 bits per heavy atom. The molecule has 0 atom stereocenters. The SMILES string of the molecule is CC(C)CNCc1c(N2CCNC(=O)C2)nc2sccn12. The summed E-state index contributed by atoms with van der Waals surface area (Å²) in [5, 5.41) is 8.38. The van der Waals surface area contributed by atoms with E-state index in [2.05, 4.69) is 33.8 Å². The lowest BCUT2D eigenvalue weighted by atomic mass is 10.2. The van der Waals surface area contributed by atoms with Crippen LogP contribution < -0.4 is 15.5 Å². The highest BCUT2D eigenvalue weighted by atomic mass is 32.1. The number of nitrogens with one attached hydrogen (secondary N) is 2. The van der Waals surface area contributed by atoms with Crippen LogP contribution in [-0.2, 0) is 11.3 Å². The normalized spacial score (nSPS) is 16.0. The van der Waals surface area contributed by atoms with E-state index >= 15 is 0 Å². The molecule has 0 saturated carbocycles. The molecule has 21 heavy (non-hydrogen) atoms. The first-order valence-corrected chi connectivity index (χ1v) is 8.20. The first-order valence-electron chi connectivity index (χ1n) is 7.32. The van der Waals surface area contributed by atoms with Gasteiger partial charge in [-0.1, -0.05) is 13.8 Å². The fourth-order valence-electron chi connectivity index (χ4n) is 2.54. The molecule has 2 aromatic rings. The Bertz CT molecular complexity index is 632. The lowest BCUT2D eigenvalue weighted by Crippen LogP contribution is -2.48. The van der Waals surface area contributed by atoms with Crippen LogP contribution in [0, 0.1) is 5.92 Å². The number of nitrogens with zero attached hydrogens (tertiary/aromatic N) is 3. The zero-order chi connectivity index (χ0) is 14.8. The summed E-state index contributed by atoms with van der Waals surface area (Å²) in [6, 6.07) is 0. The van der Waals surface area contributed by atoms with E-state index in [0.29, 0.717) is 19.0 Å². The molecular weight excluding hydrogens is 286 g/mol. The van der Waals surface area contributed by atoms with E-state index < -0.39 is 0 Å². The fourth-order valence-corrected chi connectivity index (χ4v) is 3.27. The van der Waals surface area contributed by atoms with Gasteiger partial charge in [0, 0.05) is 31.2 Å². The second-order valence-corrected chi connectivity index (χ2v) is 6.61. The van der Waals surface area contributed by atoms with Crippen molar-refractivity contribution in [3.8, 4) is 0 Å². The molecule has 1 amide bonds. The molecule has 3 heterocycles. The molecule has 114 valence electrons. The lowest BCUT2D eigenvalue weighted by Gasteiger charge is -2.27. The molecule has 3 rings (SSSR count). The predicted molar refractivity (Wildman–Crippen MR) is 84.8 cm³/mol. The number of aromatic nitrogens is 2. The van der Waals surface area contributed by atoms with Crippen molar-refractivity contribution < 1.29 is 4.79 Å². The van der Waals surface area contributed by atoms with Gasteiger partial charge in [-0.3, -0.25) is 9.20 Å². The third-order valence-electron chi connectivity index (χ3n) is 3.52. The lowest BCUT2D eigenvalue weighted by molar-refractivity contribution is -0.120. The van der Waals surface area contributed by atoms with Crippen LogP contribution in [0.5, 0.6) is 0 Å². The highest BCUT2D eigenvalue weighted by Crippen LogP contribution is 2.25. The Labute approximate surface area is 128 Å². The molecule has 1 aliphatic rings. The largest absolute Gasteiger partial charge is 0.353 e. The molecule has 7 heteroatoms. The van der Waals surface area contributed by atoms with Gasteiger partial charge in [0.05, 0.1) is 12.2 Å². The Hall–Kier alpha value is -1.60. The van der Waals surface area contributed by atoms with E-state index in [9.17, 15) is 4.79 Å². The highest BCUT2D eigenvalue weighted by Gasteiger charge is 2.23. The third kappa shape index (κ3) is 3.03. The average molecular weight is 307 g/mol. The topological polar surface area (TPSA) is 61.7 Å². The molecule has 0 radical (unpaired) electrons. The Morgan fingerprint density at radius 1 is 1.52 bits per heavy atom. The number of anilines is 1. The van der Waals surface area contributed by atoms with Crippen LogP contribution in [0.1, 0.15) is 19.5 Å². The number of fused-ring (bicyclic) bond motifs is 1. The summed E-state index contributed by atoms with van der Waals surface area (Å²) < 4.78 is 2.12. The van der Waals surface area contributed by atoms with Crippen LogP contribution >= 0.6 is 11.3 Å². The van der Waals surface area contributed by atoms with Gasteiger partial charge in [-0.05, 0) is 12.5 Å². The molecule has 0 unspecified atom stereocenters. The minimum absolute atomic E-state index is 0.0682. The Morgan fingerprint density at radius 2 is 2.38 bits per heavy atom. The van der Waals surface area contributed by atoms with Crippen molar-refractivity contribution in [1.29, 1.82) is 0 Å². The smallest absolute Gasteiger partial charge is 0.239 e. The van der Waals surface area contributed by atoms with Gasteiger partial charge in [-0.25, -0.2) is 4.98 Å². The number of piperazine rings is 1. The van der Waals surface area contributed by atoms with Gasteiger partial charge in [0.1, 0.15) is 0 Å². The molecule has 1 fully saturated rings. The van der Waals surface area contributed by atoms with Gasteiger partial charge in [0.25, 0.3) is 0 Å². The van der Waals surface area contributed by atoms with E-state index in [-0.39, 0.29) is 5.91 Å². The number of hydrogen-bond donors (Lipinski definition) is 2. The molecule has 1 aliphatic heterocycles. The molecule has 0 aromatic carbocycles. The number of rotatable bonds is 5. The summed E-state index contributed by atoms with van der Waals surface area (Å²) in [4.78, 5) is 19.4. The molecule has 2 aromatic heterocycles. The number of hydrogen-bond acceptors (Lipinski definition) is 5. The van der Waals surface area contributed by atoms with Crippen molar-refractivity contribution in [2.75, 3.05) is 31.1 Å². The summed E-state index contributed by atoms with van der Waals surface area (Å²) in [6.07, 6.45) is 2.05. The van der Waals surface area contributed by atoms with Gasteiger partial charge < -0.3 is 15.5 Å². The predicted octanol–water partition coefficient (Wildman–Crippen LogP) is 1.08. The van der Waals surface area contributed by atoms with Crippen molar-refractivity contribution in [2.24, 2.45) is 5.92 Å². The van der Waals surface area contributed by atoms with Crippen LogP contribution in [0.15, 0.2) is 11.6 Å². The van der Waals surface area contributed by atoms with Crippen molar-refractivity contribution >= 4 is 28.0 Å². The molecular formula is C14H21N5OS. The van der Waals surface area contributed by atoms with Crippen molar-refractivity contribution in [2.45, 2.75) is 20.4 Å². The number of thiazole rings is 1. The molecule has 0 bridgehead atoms. The van der Waals surface area contributed by atoms with E-state index in [4.69, 9.17) is 4.98 Å². The van der Waals surface area contributed by atoms with E-state index in [1.807, 2.05) is 11.6 Å². The summed E-state index contributed by atoms with van der Waals surface area (Å²) >= 11 is 1.62. The second-order valence-electron chi connectivity index (χ2n) is 5.73. The molecule has 1 saturated heterocycles. The Balaban J connectivity index is 1.86. The van der Waals surface area contributed by atoms with E-state index in [1.54, 1.807) is 11.3 Å². The zero-order valence-electron chi connectivity index (χ0n) is 12.4. The minimum Gasteiger partial charge on any atom is -0.353 e. The number of carbonyl (C=O) groups excluding carboxylic acids is 1. The van der Waals surface area contributed by atoms with Crippen LogP contribution in [0.2, 0.25) is 0 Å². The summed E-state index contributed by atoms with van der Waals surface area (Å²) in [5.74, 6) is 1.62. The van der Waals surface area contributed by atoms with Crippen LogP contribution in [-0.4, -0.2) is 41.5 Å². The summed E-state index contributed by atoms with van der Waals surface area (Å²) in [7, 11) is 0. The summed E-state index contributed by atoms with van der Waals surface area (Å²) in [6.45, 7) is 8.01. The maximum Gasteiger partial charge on any atom is 0.239 e. The van der Waals surface area contributed by atoms with Gasteiger partial charge in [0.2, 0.25) is 5.91 Å². The van der Waals surface area contributed by atoms with Crippen LogP contribution in [0.4, 0.5) is 5.82 Å². The van der Waals surface area contributed by atoms with E-state index in [1.165, 1.54) is 0 Å². The average Bonchev–Trinajstić information content (AvgIpc) is 3.00. The van der Waals surface area contributed by atoms with Crippen LogP contribution in [0.3, 0.4) is 0 Å². The maximum absolute atomic E-state index is 11.6. The molecule has 2 N–H and O–H groups in total. The number of carbonyl (C=O) groups is 1. The van der Waals surface area contributed by atoms with Crippen LogP contribution in [0.25, 0.3) is 4.96 Å². The quantitative estimate of drug-likeness (QED) is 0.868. The Kier molecular flexibility index (Phi) is 4.12. The zero-order valence-corrected chi connectivity index (χ0v) is 13.2. The standard InChI is InChI=1S/C14H21N5OS/c1-10(2)7-15-8-11-13(17-14-19(11)5-6-21-14)18-4-3-16-12(20)9-18/h5-6,10,15H,3-4,7-9H2,1-2H3,(H,16,20). The molecule has 0 spiro atoms. The number of amides is 1. The van der Waals surface area contributed by atoms with Gasteiger partial charge >= 0.3 is 0 Å².